The van der Waals surface area contributed by atoms with Crippen LogP contribution in [0.1, 0.15) is 0 Å². The van der Waals surface area contributed by atoms with Gasteiger partial charge in [-0.05, 0) is 12.1 Å². The lowest BCUT2D eigenvalue weighted by molar-refractivity contribution is 0.273. The van der Waals surface area contributed by atoms with Gasteiger partial charge in [0.25, 0.3) is 0 Å². The summed E-state index contributed by atoms with van der Waals surface area (Å²) in [5.74, 6) is 1.48. The van der Waals surface area contributed by atoms with Gasteiger partial charge in [0.15, 0.2) is 11.5 Å². The third kappa shape index (κ3) is 2.50. The monoisotopic (exact) mass is 219 g/mol. The van der Waals surface area contributed by atoms with Gasteiger partial charge >= 0.3 is 0 Å². The average molecular weight is 219 g/mol. The van der Waals surface area contributed by atoms with Crippen LogP contribution in [0.25, 0.3) is 0 Å². The van der Waals surface area contributed by atoms with Crippen molar-refractivity contribution in [3.63, 3.8) is 0 Å². The molecule has 1 aromatic carbocycles. The summed E-state index contributed by atoms with van der Waals surface area (Å²) in [4.78, 5) is 0. The molecule has 5 nitrogen and oxygen atoms in total. The van der Waals surface area contributed by atoms with Crippen molar-refractivity contribution in [2.24, 2.45) is 0 Å². The Morgan fingerprint density at radius 1 is 1.25 bits per heavy atom. The standard InChI is InChI=1S/C11H13N3O2/c1-15-10-4-2-3-5-11(10)16-9-8-14-7-6-12-13-14/h2-7H,8-9H2,1H3. The molecule has 0 amide bonds. The smallest absolute Gasteiger partial charge is 0.161 e. The van der Waals surface area contributed by atoms with Crippen molar-refractivity contribution in [3.05, 3.63) is 36.7 Å². The molecule has 0 aliphatic carbocycles. The zero-order valence-electron chi connectivity index (χ0n) is 9.04. The molecule has 2 aromatic rings. The third-order valence-corrected chi connectivity index (χ3v) is 2.12. The number of hydrogen-bond donors (Lipinski definition) is 0. The maximum absolute atomic E-state index is 5.59. The normalized spacial score (nSPS) is 10.1. The first-order chi connectivity index (χ1) is 7.90. The van der Waals surface area contributed by atoms with Gasteiger partial charge in [0.1, 0.15) is 6.61 Å². The lowest BCUT2D eigenvalue weighted by Crippen LogP contribution is -2.09. The predicted molar refractivity (Wildman–Crippen MR) is 58.5 cm³/mol. The van der Waals surface area contributed by atoms with Crippen LogP contribution < -0.4 is 9.47 Å². The summed E-state index contributed by atoms with van der Waals surface area (Å²) in [6, 6.07) is 7.56. The van der Waals surface area contributed by atoms with E-state index in [4.69, 9.17) is 9.47 Å². The molecule has 0 atom stereocenters. The number of para-hydroxylation sites is 2. The number of hydrogen-bond acceptors (Lipinski definition) is 4. The van der Waals surface area contributed by atoms with Crippen LogP contribution in [0.4, 0.5) is 0 Å². The number of nitrogens with zero attached hydrogens (tertiary/aromatic N) is 3. The first-order valence-electron chi connectivity index (χ1n) is 5.00. The molecule has 5 heteroatoms. The van der Waals surface area contributed by atoms with Gasteiger partial charge in [-0.3, -0.25) is 0 Å². The van der Waals surface area contributed by atoms with Crippen molar-refractivity contribution < 1.29 is 9.47 Å². The van der Waals surface area contributed by atoms with Crippen LogP contribution in [0, 0.1) is 0 Å². The summed E-state index contributed by atoms with van der Waals surface area (Å²) >= 11 is 0. The first-order valence-corrected chi connectivity index (χ1v) is 5.00. The number of methoxy groups -OCH3 is 1. The number of ether oxygens (including phenoxy) is 2. The Kier molecular flexibility index (Phi) is 3.38. The minimum atomic E-state index is 0.531. The molecular weight excluding hydrogens is 206 g/mol. The molecule has 1 heterocycles. The lowest BCUT2D eigenvalue weighted by Gasteiger charge is -2.09. The summed E-state index contributed by atoms with van der Waals surface area (Å²) < 4.78 is 12.5. The van der Waals surface area contributed by atoms with Gasteiger partial charge in [-0.2, -0.15) is 0 Å². The highest BCUT2D eigenvalue weighted by atomic mass is 16.5. The van der Waals surface area contributed by atoms with Crippen LogP contribution in [0.15, 0.2) is 36.7 Å². The zero-order valence-corrected chi connectivity index (χ0v) is 9.04. The zero-order chi connectivity index (χ0) is 11.2. The second-order valence-electron chi connectivity index (χ2n) is 3.17. The number of aromatic nitrogens is 3. The molecule has 0 bridgehead atoms. The Morgan fingerprint density at radius 2 is 2.06 bits per heavy atom. The van der Waals surface area contributed by atoms with Crippen LogP contribution >= 0.6 is 0 Å². The molecule has 84 valence electrons. The van der Waals surface area contributed by atoms with Gasteiger partial charge in [0, 0.05) is 6.20 Å². The summed E-state index contributed by atoms with van der Waals surface area (Å²) in [5.41, 5.74) is 0. The van der Waals surface area contributed by atoms with Crippen molar-refractivity contribution in [1.29, 1.82) is 0 Å². The highest BCUT2D eigenvalue weighted by Gasteiger charge is 2.01. The number of benzene rings is 1. The van der Waals surface area contributed by atoms with Crippen LogP contribution in [-0.2, 0) is 6.54 Å². The maximum Gasteiger partial charge on any atom is 0.161 e. The second-order valence-corrected chi connectivity index (χ2v) is 3.17. The van der Waals surface area contributed by atoms with Gasteiger partial charge in [0.2, 0.25) is 0 Å². The van der Waals surface area contributed by atoms with Gasteiger partial charge in [-0.15, -0.1) is 5.10 Å². The van der Waals surface area contributed by atoms with E-state index in [-0.39, 0.29) is 0 Å². The molecule has 0 aliphatic heterocycles. The summed E-state index contributed by atoms with van der Waals surface area (Å²) in [5, 5.41) is 7.56. The lowest BCUT2D eigenvalue weighted by atomic mass is 10.3. The molecule has 16 heavy (non-hydrogen) atoms. The van der Waals surface area contributed by atoms with E-state index in [0.29, 0.717) is 13.2 Å². The fraction of sp³-hybridized carbons (Fsp3) is 0.273. The SMILES string of the molecule is COc1ccccc1OCCn1ccnn1. The van der Waals surface area contributed by atoms with Crippen LogP contribution in [0.3, 0.4) is 0 Å². The topological polar surface area (TPSA) is 49.2 Å². The van der Waals surface area contributed by atoms with Gasteiger partial charge in [0.05, 0.1) is 19.9 Å². The molecule has 1 aromatic heterocycles. The molecule has 2 rings (SSSR count). The Morgan fingerprint density at radius 3 is 2.75 bits per heavy atom. The van der Waals surface area contributed by atoms with Crippen LogP contribution in [0.5, 0.6) is 11.5 Å². The molecule has 0 radical (unpaired) electrons. The van der Waals surface area contributed by atoms with Gasteiger partial charge in [-0.1, -0.05) is 17.3 Å². The molecule has 0 N–H and O–H groups in total. The Labute approximate surface area is 93.6 Å². The summed E-state index contributed by atoms with van der Waals surface area (Å²) in [7, 11) is 1.62. The molecule has 0 spiro atoms. The molecule has 0 saturated carbocycles. The third-order valence-electron chi connectivity index (χ3n) is 2.12. The van der Waals surface area contributed by atoms with Crippen LogP contribution in [-0.4, -0.2) is 28.7 Å². The van der Waals surface area contributed by atoms with E-state index in [1.54, 1.807) is 24.2 Å². The molecule has 0 aliphatic rings. The molecule has 0 unspecified atom stereocenters. The van der Waals surface area contributed by atoms with E-state index >= 15 is 0 Å². The van der Waals surface area contributed by atoms with Gasteiger partial charge < -0.3 is 9.47 Å². The van der Waals surface area contributed by atoms with E-state index in [9.17, 15) is 0 Å². The molecule has 0 fully saturated rings. The Bertz CT molecular complexity index is 429. The summed E-state index contributed by atoms with van der Waals surface area (Å²) in [6.45, 7) is 1.20. The fourth-order valence-corrected chi connectivity index (χ4v) is 1.34. The van der Waals surface area contributed by atoms with E-state index < -0.39 is 0 Å². The maximum atomic E-state index is 5.59. The largest absolute Gasteiger partial charge is 0.493 e. The first kappa shape index (κ1) is 10.5. The van der Waals surface area contributed by atoms with E-state index in [2.05, 4.69) is 10.3 Å². The fourth-order valence-electron chi connectivity index (χ4n) is 1.34. The predicted octanol–water partition coefficient (Wildman–Crippen LogP) is 1.37. The van der Waals surface area contributed by atoms with Crippen molar-refractivity contribution in [2.45, 2.75) is 6.54 Å². The van der Waals surface area contributed by atoms with E-state index in [1.807, 2.05) is 24.3 Å². The number of rotatable bonds is 5. The van der Waals surface area contributed by atoms with E-state index in [1.165, 1.54) is 0 Å². The minimum Gasteiger partial charge on any atom is -0.493 e. The van der Waals surface area contributed by atoms with Crippen molar-refractivity contribution >= 4 is 0 Å². The van der Waals surface area contributed by atoms with E-state index in [0.717, 1.165) is 11.5 Å². The molecule has 0 saturated heterocycles. The van der Waals surface area contributed by atoms with Gasteiger partial charge in [-0.25, -0.2) is 4.68 Å². The molecular formula is C11H13N3O2. The summed E-state index contributed by atoms with van der Waals surface area (Å²) in [6.07, 6.45) is 3.44. The average Bonchev–Trinajstić information content (AvgIpc) is 2.83. The van der Waals surface area contributed by atoms with Crippen molar-refractivity contribution in [3.8, 4) is 11.5 Å². The Balaban J connectivity index is 1.89. The second kappa shape index (κ2) is 5.16. The highest BCUT2D eigenvalue weighted by Crippen LogP contribution is 2.25. The van der Waals surface area contributed by atoms with Crippen molar-refractivity contribution in [2.75, 3.05) is 13.7 Å². The Hall–Kier alpha value is -2.04. The quantitative estimate of drug-likeness (QED) is 0.762. The van der Waals surface area contributed by atoms with Crippen molar-refractivity contribution in [1.82, 2.24) is 15.0 Å². The highest BCUT2D eigenvalue weighted by molar-refractivity contribution is 5.39. The van der Waals surface area contributed by atoms with Crippen LogP contribution in [0.2, 0.25) is 0 Å². The minimum absolute atomic E-state index is 0.531.